The van der Waals surface area contributed by atoms with E-state index in [9.17, 15) is 9.59 Å². The van der Waals surface area contributed by atoms with Crippen LogP contribution in [0.3, 0.4) is 0 Å². The van der Waals surface area contributed by atoms with Crippen molar-refractivity contribution in [3.8, 4) is 0 Å². The molecule has 0 aliphatic carbocycles. The van der Waals surface area contributed by atoms with E-state index in [-0.39, 0.29) is 24.7 Å². The Labute approximate surface area is 149 Å². The molecule has 6 heteroatoms. The van der Waals surface area contributed by atoms with Gasteiger partial charge in [-0.3, -0.25) is 0 Å². The highest BCUT2D eigenvalue weighted by molar-refractivity contribution is 5.69. The molecule has 2 atom stereocenters. The largest absolute Gasteiger partial charge is 0.445 e. The topological polar surface area (TPSA) is 67.9 Å². The second-order valence-electron chi connectivity index (χ2n) is 7.63. The number of hydrogen-bond acceptors (Lipinski definition) is 4. The zero-order valence-corrected chi connectivity index (χ0v) is 15.5. The number of benzene rings is 1. The summed E-state index contributed by atoms with van der Waals surface area (Å²) in [5.41, 5.74) is 0.405. The molecular formula is C19H28N2O4. The number of nitrogens with zero attached hydrogens (tertiary/aromatic N) is 1. The van der Waals surface area contributed by atoms with Crippen LogP contribution in [0.4, 0.5) is 9.59 Å². The Morgan fingerprint density at radius 3 is 2.52 bits per heavy atom. The second kappa shape index (κ2) is 8.23. The van der Waals surface area contributed by atoms with Gasteiger partial charge in [-0.2, -0.15) is 0 Å². The van der Waals surface area contributed by atoms with Crippen molar-refractivity contribution in [2.24, 2.45) is 5.92 Å². The predicted molar refractivity (Wildman–Crippen MR) is 95.1 cm³/mol. The van der Waals surface area contributed by atoms with E-state index in [1.165, 1.54) is 0 Å². The standard InChI is InChI=1S/C19H28N2O4/c1-14-10-16(20-17(22)25-19(2,3)4)12-21(11-14)18(23)24-13-15-8-6-5-7-9-15/h5-9,14,16H,10-13H2,1-4H3,(H,20,22)/t14-,16-/m1/s1. The molecule has 2 rings (SSSR count). The van der Waals surface area contributed by atoms with E-state index in [1.54, 1.807) is 4.90 Å². The fraction of sp³-hybridized carbons (Fsp3) is 0.579. The Hall–Kier alpha value is -2.24. The first kappa shape index (κ1) is 19.1. The van der Waals surface area contributed by atoms with Crippen molar-refractivity contribution in [3.05, 3.63) is 35.9 Å². The molecule has 1 aromatic carbocycles. The van der Waals surface area contributed by atoms with Gasteiger partial charge in [-0.15, -0.1) is 0 Å². The maximum atomic E-state index is 12.3. The Balaban J connectivity index is 1.86. The SMILES string of the molecule is C[C@@H]1C[C@@H](NC(=O)OC(C)(C)C)CN(C(=O)OCc2ccccc2)C1. The summed E-state index contributed by atoms with van der Waals surface area (Å²) < 4.78 is 10.7. The molecule has 25 heavy (non-hydrogen) atoms. The Kier molecular flexibility index (Phi) is 6.28. The van der Waals surface area contributed by atoms with Crippen molar-refractivity contribution in [3.63, 3.8) is 0 Å². The summed E-state index contributed by atoms with van der Waals surface area (Å²) in [6.07, 6.45) is -0.00238. The summed E-state index contributed by atoms with van der Waals surface area (Å²) in [7, 11) is 0. The molecule has 0 saturated carbocycles. The van der Waals surface area contributed by atoms with Crippen molar-refractivity contribution < 1.29 is 19.1 Å². The molecule has 1 aromatic rings. The molecule has 0 spiro atoms. The van der Waals surface area contributed by atoms with Gasteiger partial charge in [0.25, 0.3) is 0 Å². The molecule has 0 radical (unpaired) electrons. The van der Waals surface area contributed by atoms with Gasteiger partial charge >= 0.3 is 12.2 Å². The van der Waals surface area contributed by atoms with Crippen molar-refractivity contribution in [2.75, 3.05) is 13.1 Å². The van der Waals surface area contributed by atoms with Gasteiger partial charge in [-0.25, -0.2) is 9.59 Å². The number of hydrogen-bond donors (Lipinski definition) is 1. The highest BCUT2D eigenvalue weighted by Crippen LogP contribution is 2.18. The van der Waals surface area contributed by atoms with Gasteiger partial charge in [0.2, 0.25) is 0 Å². The maximum Gasteiger partial charge on any atom is 0.410 e. The summed E-state index contributed by atoms with van der Waals surface area (Å²) >= 11 is 0. The summed E-state index contributed by atoms with van der Waals surface area (Å²) in [6.45, 7) is 8.82. The number of rotatable bonds is 3. The number of nitrogens with one attached hydrogen (secondary N) is 1. The maximum absolute atomic E-state index is 12.3. The molecule has 1 heterocycles. The van der Waals surface area contributed by atoms with Crippen LogP contribution in [0.2, 0.25) is 0 Å². The van der Waals surface area contributed by atoms with E-state index in [4.69, 9.17) is 9.47 Å². The fourth-order valence-corrected chi connectivity index (χ4v) is 2.89. The number of carbonyl (C=O) groups excluding carboxylic acids is 2. The predicted octanol–water partition coefficient (Wildman–Crippen LogP) is 3.56. The van der Waals surface area contributed by atoms with Crippen molar-refractivity contribution in [1.29, 1.82) is 0 Å². The molecule has 1 saturated heterocycles. The van der Waals surface area contributed by atoms with E-state index >= 15 is 0 Å². The first-order valence-corrected chi connectivity index (χ1v) is 8.68. The summed E-state index contributed by atoms with van der Waals surface area (Å²) in [6, 6.07) is 9.44. The molecule has 0 aromatic heterocycles. The quantitative estimate of drug-likeness (QED) is 0.907. The number of carbonyl (C=O) groups is 2. The van der Waals surface area contributed by atoms with E-state index < -0.39 is 11.7 Å². The van der Waals surface area contributed by atoms with Gasteiger partial charge in [0.15, 0.2) is 0 Å². The van der Waals surface area contributed by atoms with Crippen LogP contribution < -0.4 is 5.32 Å². The molecule has 6 nitrogen and oxygen atoms in total. The van der Waals surface area contributed by atoms with Gasteiger partial charge in [0, 0.05) is 13.1 Å². The summed E-state index contributed by atoms with van der Waals surface area (Å²) in [4.78, 5) is 25.9. The third-order valence-corrected chi connectivity index (χ3v) is 3.84. The van der Waals surface area contributed by atoms with Crippen LogP contribution in [0.25, 0.3) is 0 Å². The van der Waals surface area contributed by atoms with Crippen molar-refractivity contribution in [1.82, 2.24) is 10.2 Å². The first-order valence-electron chi connectivity index (χ1n) is 8.68. The molecule has 1 fully saturated rings. The summed E-state index contributed by atoms with van der Waals surface area (Å²) in [5, 5.41) is 2.85. The highest BCUT2D eigenvalue weighted by Gasteiger charge is 2.30. The lowest BCUT2D eigenvalue weighted by molar-refractivity contribution is 0.0420. The Bertz CT molecular complexity index is 583. The zero-order chi connectivity index (χ0) is 18.4. The number of alkyl carbamates (subject to hydrolysis) is 1. The minimum absolute atomic E-state index is 0.136. The average molecular weight is 348 g/mol. The Morgan fingerprint density at radius 2 is 1.88 bits per heavy atom. The molecule has 1 aliphatic heterocycles. The van der Waals surface area contributed by atoms with E-state index in [1.807, 2.05) is 51.1 Å². The van der Waals surface area contributed by atoms with Crippen LogP contribution >= 0.6 is 0 Å². The highest BCUT2D eigenvalue weighted by atomic mass is 16.6. The number of piperidine rings is 1. The van der Waals surface area contributed by atoms with E-state index in [0.717, 1.165) is 12.0 Å². The van der Waals surface area contributed by atoms with Gasteiger partial charge in [-0.1, -0.05) is 37.3 Å². The number of likely N-dealkylation sites (tertiary alicyclic amines) is 1. The molecular weight excluding hydrogens is 320 g/mol. The fourth-order valence-electron chi connectivity index (χ4n) is 2.89. The molecule has 1 N–H and O–H groups in total. The van der Waals surface area contributed by atoms with Crippen LogP contribution in [-0.2, 0) is 16.1 Å². The molecule has 1 aliphatic rings. The van der Waals surface area contributed by atoms with Crippen LogP contribution in [0, 0.1) is 5.92 Å². The monoisotopic (exact) mass is 348 g/mol. The number of amides is 2. The van der Waals surface area contributed by atoms with Gasteiger partial charge in [0.05, 0.1) is 6.04 Å². The lowest BCUT2D eigenvalue weighted by atomic mass is 9.96. The molecule has 0 unspecified atom stereocenters. The smallest absolute Gasteiger partial charge is 0.410 e. The lowest BCUT2D eigenvalue weighted by Crippen LogP contribution is -2.52. The van der Waals surface area contributed by atoms with Gasteiger partial charge < -0.3 is 19.7 Å². The number of ether oxygens (including phenoxy) is 2. The van der Waals surface area contributed by atoms with Gasteiger partial charge in [-0.05, 0) is 38.7 Å². The second-order valence-corrected chi connectivity index (χ2v) is 7.63. The van der Waals surface area contributed by atoms with Crippen LogP contribution in [-0.4, -0.2) is 41.8 Å². The van der Waals surface area contributed by atoms with Crippen LogP contribution in [0.5, 0.6) is 0 Å². The zero-order valence-electron chi connectivity index (χ0n) is 15.5. The van der Waals surface area contributed by atoms with Gasteiger partial charge in [0.1, 0.15) is 12.2 Å². The normalized spacial score (nSPS) is 20.7. The third kappa shape index (κ3) is 6.64. The third-order valence-electron chi connectivity index (χ3n) is 3.84. The van der Waals surface area contributed by atoms with Crippen molar-refractivity contribution in [2.45, 2.75) is 52.4 Å². The van der Waals surface area contributed by atoms with E-state index in [0.29, 0.717) is 13.1 Å². The molecule has 138 valence electrons. The first-order chi connectivity index (χ1) is 11.7. The minimum Gasteiger partial charge on any atom is -0.445 e. The minimum atomic E-state index is -0.543. The average Bonchev–Trinajstić information content (AvgIpc) is 2.51. The lowest BCUT2D eigenvalue weighted by Gasteiger charge is -2.36. The van der Waals surface area contributed by atoms with E-state index in [2.05, 4.69) is 12.2 Å². The molecule has 2 amide bonds. The van der Waals surface area contributed by atoms with Crippen molar-refractivity contribution >= 4 is 12.2 Å². The Morgan fingerprint density at radius 1 is 1.20 bits per heavy atom. The van der Waals surface area contributed by atoms with Crippen LogP contribution in [0.15, 0.2) is 30.3 Å². The summed E-state index contributed by atoms with van der Waals surface area (Å²) in [5.74, 6) is 0.276. The molecule has 0 bridgehead atoms. The van der Waals surface area contributed by atoms with Crippen LogP contribution in [0.1, 0.15) is 39.7 Å².